The Morgan fingerprint density at radius 3 is 2.83 bits per heavy atom. The van der Waals surface area contributed by atoms with Gasteiger partial charge >= 0.3 is 0 Å². The fraction of sp³-hybridized carbons (Fsp3) is 0.765. The van der Waals surface area contributed by atoms with Crippen molar-refractivity contribution in [2.24, 2.45) is 4.99 Å². The van der Waals surface area contributed by atoms with Crippen LogP contribution in [0.1, 0.15) is 39.4 Å². The first-order valence-corrected chi connectivity index (χ1v) is 9.65. The van der Waals surface area contributed by atoms with Gasteiger partial charge in [0, 0.05) is 55.6 Å². The number of aliphatic imine (C=N–C) groups is 1. The fourth-order valence-corrected chi connectivity index (χ4v) is 3.95. The van der Waals surface area contributed by atoms with Crippen LogP contribution in [0, 0.1) is 6.92 Å². The molecule has 0 saturated carbocycles. The van der Waals surface area contributed by atoms with E-state index in [0.717, 1.165) is 57.3 Å². The third kappa shape index (κ3) is 6.82. The number of unbranched alkanes of at least 4 members (excludes halogenated alkanes) is 1. The van der Waals surface area contributed by atoms with Crippen molar-refractivity contribution in [3.63, 3.8) is 0 Å². The van der Waals surface area contributed by atoms with E-state index in [0.29, 0.717) is 4.75 Å². The van der Waals surface area contributed by atoms with Gasteiger partial charge in [0.1, 0.15) is 5.82 Å². The van der Waals surface area contributed by atoms with E-state index in [1.54, 1.807) is 0 Å². The molecule has 1 aromatic rings. The van der Waals surface area contributed by atoms with Crippen molar-refractivity contribution in [2.45, 2.75) is 51.8 Å². The van der Waals surface area contributed by atoms with Crippen LogP contribution in [0.3, 0.4) is 0 Å². The Balaban J connectivity index is 0.00000288. The number of nitrogens with zero attached hydrogens (tertiary/aromatic N) is 4. The zero-order valence-electron chi connectivity index (χ0n) is 15.4. The lowest BCUT2D eigenvalue weighted by Gasteiger charge is -2.39. The highest BCUT2D eigenvalue weighted by Gasteiger charge is 2.28. The summed E-state index contributed by atoms with van der Waals surface area (Å²) in [7, 11) is 0. The minimum atomic E-state index is 0. The van der Waals surface area contributed by atoms with Gasteiger partial charge in [-0.2, -0.15) is 11.8 Å². The van der Waals surface area contributed by atoms with Crippen LogP contribution < -0.4 is 5.32 Å². The molecule has 0 spiro atoms. The molecule has 24 heavy (non-hydrogen) atoms. The molecule has 138 valence electrons. The van der Waals surface area contributed by atoms with E-state index in [9.17, 15) is 0 Å². The van der Waals surface area contributed by atoms with Gasteiger partial charge in [-0.3, -0.25) is 4.99 Å². The lowest BCUT2D eigenvalue weighted by atomic mass is 10.2. The van der Waals surface area contributed by atoms with Gasteiger partial charge in [0.15, 0.2) is 5.96 Å². The maximum absolute atomic E-state index is 4.84. The van der Waals surface area contributed by atoms with Crippen LogP contribution in [0.25, 0.3) is 0 Å². The van der Waals surface area contributed by atoms with Gasteiger partial charge in [-0.25, -0.2) is 4.98 Å². The summed E-state index contributed by atoms with van der Waals surface area (Å²) in [5.74, 6) is 3.35. The Morgan fingerprint density at radius 1 is 1.42 bits per heavy atom. The second-order valence-corrected chi connectivity index (χ2v) is 8.44. The molecule has 7 heteroatoms. The number of rotatable bonds is 6. The van der Waals surface area contributed by atoms with Crippen molar-refractivity contribution in [1.82, 2.24) is 19.8 Å². The Bertz CT molecular complexity index is 515. The molecule has 1 N–H and O–H groups in total. The smallest absolute Gasteiger partial charge is 0.193 e. The molecule has 0 bridgehead atoms. The molecule has 1 aliphatic heterocycles. The van der Waals surface area contributed by atoms with Gasteiger partial charge in [0.05, 0.1) is 0 Å². The van der Waals surface area contributed by atoms with Crippen molar-refractivity contribution in [1.29, 1.82) is 0 Å². The summed E-state index contributed by atoms with van der Waals surface area (Å²) in [5, 5.41) is 3.46. The number of hydrogen-bond donors (Lipinski definition) is 1. The van der Waals surface area contributed by atoms with E-state index in [4.69, 9.17) is 4.99 Å². The monoisotopic (exact) mass is 465 g/mol. The highest BCUT2D eigenvalue weighted by Crippen LogP contribution is 2.29. The van der Waals surface area contributed by atoms with E-state index < -0.39 is 0 Å². The molecule has 2 heterocycles. The molecule has 0 aromatic carbocycles. The highest BCUT2D eigenvalue weighted by atomic mass is 127. The number of nitrogens with one attached hydrogen (secondary N) is 1. The first kappa shape index (κ1) is 21.6. The molecule has 5 nitrogen and oxygen atoms in total. The Morgan fingerprint density at radius 2 is 2.21 bits per heavy atom. The largest absolute Gasteiger partial charge is 0.357 e. The average Bonchev–Trinajstić information content (AvgIpc) is 2.90. The van der Waals surface area contributed by atoms with Gasteiger partial charge in [-0.15, -0.1) is 24.0 Å². The zero-order valence-corrected chi connectivity index (χ0v) is 18.6. The third-order valence-corrected chi connectivity index (χ3v) is 5.35. The first-order valence-electron chi connectivity index (χ1n) is 8.67. The average molecular weight is 465 g/mol. The summed E-state index contributed by atoms with van der Waals surface area (Å²) < 4.78 is 2.52. The second kappa shape index (κ2) is 10.5. The van der Waals surface area contributed by atoms with Gasteiger partial charge in [0.25, 0.3) is 0 Å². The van der Waals surface area contributed by atoms with E-state index in [1.807, 2.05) is 6.20 Å². The van der Waals surface area contributed by atoms with Gasteiger partial charge in [-0.1, -0.05) is 0 Å². The van der Waals surface area contributed by atoms with Crippen molar-refractivity contribution in [3.8, 4) is 0 Å². The molecule has 2 rings (SSSR count). The number of halogens is 1. The number of aryl methyl sites for hydroxylation is 2. The molecule has 1 aliphatic rings. The molecular weight excluding hydrogens is 433 g/mol. The van der Waals surface area contributed by atoms with Crippen LogP contribution in [0.4, 0.5) is 0 Å². The summed E-state index contributed by atoms with van der Waals surface area (Å²) in [6, 6.07) is 0. The maximum Gasteiger partial charge on any atom is 0.193 e. The summed E-state index contributed by atoms with van der Waals surface area (Å²) in [5.41, 5.74) is 0. The Labute approximate surface area is 168 Å². The van der Waals surface area contributed by atoms with E-state index in [-0.39, 0.29) is 24.0 Å². The number of guanidine groups is 1. The van der Waals surface area contributed by atoms with Gasteiger partial charge in [-0.05, 0) is 40.5 Å². The molecule has 0 amide bonds. The standard InChI is InChI=1S/C17H31N5S.HI/c1-5-18-16(22-12-13-23-17(3,4)14-22)20-8-6-7-10-21-11-9-19-15(21)2;/h9,11H,5-8,10,12-14H2,1-4H3,(H,18,20);1H. The topological polar surface area (TPSA) is 45.5 Å². The molecular formula is C17H32IN5S. The zero-order chi connectivity index (χ0) is 16.7. The van der Waals surface area contributed by atoms with E-state index >= 15 is 0 Å². The second-order valence-electron chi connectivity index (χ2n) is 6.64. The predicted molar refractivity (Wildman–Crippen MR) is 116 cm³/mol. The minimum absolute atomic E-state index is 0. The van der Waals surface area contributed by atoms with Gasteiger partial charge in [0.2, 0.25) is 0 Å². The van der Waals surface area contributed by atoms with Crippen LogP contribution in [0.2, 0.25) is 0 Å². The maximum atomic E-state index is 4.84. The predicted octanol–water partition coefficient (Wildman–Crippen LogP) is 3.38. The van der Waals surface area contributed by atoms with Crippen LogP contribution in [-0.2, 0) is 6.54 Å². The third-order valence-electron chi connectivity index (χ3n) is 4.05. The molecule has 0 unspecified atom stereocenters. The van der Waals surface area contributed by atoms with Crippen molar-refractivity contribution < 1.29 is 0 Å². The number of imidazole rings is 1. The van der Waals surface area contributed by atoms with Crippen molar-refractivity contribution in [2.75, 3.05) is 31.9 Å². The quantitative estimate of drug-likeness (QED) is 0.303. The lowest BCUT2D eigenvalue weighted by molar-refractivity contribution is 0.375. The van der Waals surface area contributed by atoms with Crippen LogP contribution in [0.5, 0.6) is 0 Å². The molecule has 0 atom stereocenters. The summed E-state index contributed by atoms with van der Waals surface area (Å²) >= 11 is 2.06. The van der Waals surface area contributed by atoms with E-state index in [2.05, 4.69) is 65.4 Å². The Kier molecular flexibility index (Phi) is 9.48. The first-order chi connectivity index (χ1) is 11.0. The van der Waals surface area contributed by atoms with E-state index in [1.165, 1.54) is 5.75 Å². The summed E-state index contributed by atoms with van der Waals surface area (Å²) in [6.45, 7) is 13.8. The molecule has 1 saturated heterocycles. The van der Waals surface area contributed by atoms with Crippen molar-refractivity contribution >= 4 is 41.7 Å². The number of hydrogen-bond acceptors (Lipinski definition) is 3. The van der Waals surface area contributed by atoms with Crippen LogP contribution in [0.15, 0.2) is 17.4 Å². The van der Waals surface area contributed by atoms with Gasteiger partial charge < -0.3 is 14.8 Å². The lowest BCUT2D eigenvalue weighted by Crippen LogP contribution is -2.51. The van der Waals surface area contributed by atoms with Crippen LogP contribution >= 0.6 is 35.7 Å². The Hall–Kier alpha value is -0.440. The van der Waals surface area contributed by atoms with Crippen LogP contribution in [-0.4, -0.2) is 57.1 Å². The summed E-state index contributed by atoms with van der Waals surface area (Å²) in [4.78, 5) is 11.5. The number of aromatic nitrogens is 2. The molecule has 0 aliphatic carbocycles. The molecule has 1 aromatic heterocycles. The highest BCUT2D eigenvalue weighted by molar-refractivity contribution is 14.0. The number of thioether (sulfide) groups is 1. The molecule has 1 fully saturated rings. The normalized spacial score (nSPS) is 17.5. The summed E-state index contributed by atoms with van der Waals surface area (Å²) in [6.07, 6.45) is 6.17. The molecule has 0 radical (unpaired) electrons. The minimum Gasteiger partial charge on any atom is -0.357 e. The SMILES string of the molecule is CCNC(=NCCCCn1ccnc1C)N1CCSC(C)(C)C1.I. The van der Waals surface area contributed by atoms with Crippen molar-refractivity contribution in [3.05, 3.63) is 18.2 Å². The fourth-order valence-electron chi connectivity index (χ4n) is 2.84.